The van der Waals surface area contributed by atoms with Crippen molar-refractivity contribution in [2.24, 2.45) is 0 Å². The summed E-state index contributed by atoms with van der Waals surface area (Å²) in [7, 11) is 1.62. The zero-order valence-corrected chi connectivity index (χ0v) is 11.9. The van der Waals surface area contributed by atoms with E-state index in [1.807, 2.05) is 17.8 Å². The van der Waals surface area contributed by atoms with Gasteiger partial charge in [-0.05, 0) is 19.1 Å². The van der Waals surface area contributed by atoms with Crippen molar-refractivity contribution in [1.29, 1.82) is 0 Å². The smallest absolute Gasteiger partial charge is 0.218 e. The molecule has 1 heterocycles. The summed E-state index contributed by atoms with van der Waals surface area (Å²) in [5, 5.41) is 3.43. The third-order valence-corrected chi connectivity index (χ3v) is 5.06. The van der Waals surface area contributed by atoms with Crippen LogP contribution in [0.3, 0.4) is 0 Å². The van der Waals surface area contributed by atoms with E-state index in [9.17, 15) is 0 Å². The Morgan fingerprint density at radius 2 is 2.11 bits per heavy atom. The molecule has 0 aliphatic heterocycles. The first-order valence-corrected chi connectivity index (χ1v) is 7.65. The number of aromatic nitrogens is 2. The Bertz CT molecular complexity index is 380. The number of nitrogens with one attached hydrogen (secondary N) is 1. The highest BCUT2D eigenvalue weighted by Gasteiger charge is 2.30. The molecule has 0 unspecified atom stereocenters. The van der Waals surface area contributed by atoms with Gasteiger partial charge in [0.2, 0.25) is 5.88 Å². The summed E-state index contributed by atoms with van der Waals surface area (Å²) in [6, 6.07) is 1.84. The van der Waals surface area contributed by atoms with Gasteiger partial charge in [0.15, 0.2) is 0 Å². The van der Waals surface area contributed by atoms with Crippen molar-refractivity contribution in [3.8, 4) is 5.88 Å². The highest BCUT2D eigenvalue weighted by Crippen LogP contribution is 2.38. The van der Waals surface area contributed by atoms with Gasteiger partial charge in [-0.1, -0.05) is 19.3 Å². The van der Waals surface area contributed by atoms with Crippen LogP contribution in [0.1, 0.15) is 32.1 Å². The molecule has 0 bridgehead atoms. The summed E-state index contributed by atoms with van der Waals surface area (Å²) in [5.74, 6) is 1.45. The summed E-state index contributed by atoms with van der Waals surface area (Å²) >= 11 is 1.99. The minimum absolute atomic E-state index is 0.371. The van der Waals surface area contributed by atoms with Gasteiger partial charge in [0, 0.05) is 17.4 Å². The monoisotopic (exact) mass is 267 g/mol. The van der Waals surface area contributed by atoms with Crippen molar-refractivity contribution in [2.75, 3.05) is 25.2 Å². The molecular formula is C13H21N3OS. The van der Waals surface area contributed by atoms with Crippen LogP contribution in [0, 0.1) is 0 Å². The van der Waals surface area contributed by atoms with Crippen LogP contribution >= 0.6 is 11.8 Å². The van der Waals surface area contributed by atoms with Crippen LogP contribution in [-0.4, -0.2) is 34.6 Å². The second-order valence-corrected chi connectivity index (χ2v) is 6.02. The molecule has 1 N–H and O–H groups in total. The van der Waals surface area contributed by atoms with Gasteiger partial charge in [-0.3, -0.25) is 0 Å². The standard InChI is InChI=1S/C13H21N3OS/c1-17-12-8-11(15-10-16-12)14-9-13(18-2)6-4-3-5-7-13/h8,10H,3-7,9H2,1-2H3,(H,14,15,16). The molecule has 4 nitrogen and oxygen atoms in total. The molecule has 5 heteroatoms. The molecule has 0 atom stereocenters. The average molecular weight is 267 g/mol. The average Bonchev–Trinajstić information content (AvgIpc) is 2.46. The van der Waals surface area contributed by atoms with Gasteiger partial charge < -0.3 is 10.1 Å². The lowest BCUT2D eigenvalue weighted by atomic mass is 9.88. The molecule has 1 saturated carbocycles. The normalized spacial score (nSPS) is 18.3. The fraction of sp³-hybridized carbons (Fsp3) is 0.692. The lowest BCUT2D eigenvalue weighted by Crippen LogP contribution is -2.35. The summed E-state index contributed by atoms with van der Waals surface area (Å²) < 4.78 is 5.47. The number of hydrogen-bond acceptors (Lipinski definition) is 5. The minimum atomic E-state index is 0.371. The van der Waals surface area contributed by atoms with E-state index < -0.39 is 0 Å². The van der Waals surface area contributed by atoms with E-state index in [1.54, 1.807) is 7.11 Å². The van der Waals surface area contributed by atoms with Crippen LogP contribution in [0.5, 0.6) is 5.88 Å². The van der Waals surface area contributed by atoms with Gasteiger partial charge in [-0.2, -0.15) is 11.8 Å². The van der Waals surface area contributed by atoms with Crippen LogP contribution in [0.25, 0.3) is 0 Å². The molecule has 0 aromatic carbocycles. The van der Waals surface area contributed by atoms with E-state index in [2.05, 4.69) is 21.5 Å². The van der Waals surface area contributed by atoms with E-state index in [1.165, 1.54) is 38.4 Å². The topological polar surface area (TPSA) is 47.0 Å². The Labute approximate surface area is 113 Å². The Kier molecular flexibility index (Phi) is 4.69. The van der Waals surface area contributed by atoms with Crippen LogP contribution in [0.15, 0.2) is 12.4 Å². The molecule has 100 valence electrons. The molecule has 1 aromatic heterocycles. The van der Waals surface area contributed by atoms with Crippen LogP contribution in [-0.2, 0) is 0 Å². The van der Waals surface area contributed by atoms with Gasteiger partial charge in [0.25, 0.3) is 0 Å². The maximum absolute atomic E-state index is 5.10. The maximum atomic E-state index is 5.10. The van der Waals surface area contributed by atoms with Crippen molar-refractivity contribution < 1.29 is 4.74 Å². The third kappa shape index (κ3) is 3.28. The maximum Gasteiger partial charge on any atom is 0.218 e. The fourth-order valence-electron chi connectivity index (χ4n) is 2.45. The van der Waals surface area contributed by atoms with Crippen LogP contribution in [0.4, 0.5) is 5.82 Å². The summed E-state index contributed by atoms with van der Waals surface area (Å²) in [4.78, 5) is 8.24. The Hall–Kier alpha value is -0.970. The molecule has 2 rings (SSSR count). The van der Waals surface area contributed by atoms with E-state index in [4.69, 9.17) is 4.74 Å². The second kappa shape index (κ2) is 6.27. The first-order valence-electron chi connectivity index (χ1n) is 6.43. The quantitative estimate of drug-likeness (QED) is 0.888. The van der Waals surface area contributed by atoms with Gasteiger partial charge >= 0.3 is 0 Å². The van der Waals surface area contributed by atoms with E-state index in [0.29, 0.717) is 10.6 Å². The highest BCUT2D eigenvalue weighted by atomic mass is 32.2. The Balaban J connectivity index is 1.96. The second-order valence-electron chi connectivity index (χ2n) is 4.75. The van der Waals surface area contributed by atoms with Crippen molar-refractivity contribution in [3.63, 3.8) is 0 Å². The van der Waals surface area contributed by atoms with Crippen molar-refractivity contribution in [1.82, 2.24) is 9.97 Å². The number of rotatable bonds is 5. The predicted octanol–water partition coefficient (Wildman–Crippen LogP) is 2.96. The number of thioether (sulfide) groups is 1. The first-order chi connectivity index (χ1) is 8.78. The molecule has 1 aromatic rings. The highest BCUT2D eigenvalue weighted by molar-refractivity contribution is 8.00. The van der Waals surface area contributed by atoms with Gasteiger partial charge in [0.1, 0.15) is 12.1 Å². The fourth-order valence-corrected chi connectivity index (χ4v) is 3.36. The van der Waals surface area contributed by atoms with Crippen molar-refractivity contribution in [2.45, 2.75) is 36.9 Å². The van der Waals surface area contributed by atoms with E-state index in [-0.39, 0.29) is 0 Å². The molecule has 0 spiro atoms. The molecule has 0 amide bonds. The Morgan fingerprint density at radius 1 is 1.33 bits per heavy atom. The van der Waals surface area contributed by atoms with Crippen LogP contribution < -0.4 is 10.1 Å². The lowest BCUT2D eigenvalue weighted by Gasteiger charge is -2.36. The molecule has 0 saturated heterocycles. The van der Waals surface area contributed by atoms with Crippen molar-refractivity contribution in [3.05, 3.63) is 12.4 Å². The van der Waals surface area contributed by atoms with Crippen molar-refractivity contribution >= 4 is 17.6 Å². The molecule has 0 radical (unpaired) electrons. The number of hydrogen-bond donors (Lipinski definition) is 1. The number of nitrogens with zero attached hydrogens (tertiary/aromatic N) is 2. The minimum Gasteiger partial charge on any atom is -0.481 e. The third-order valence-electron chi connectivity index (χ3n) is 3.64. The van der Waals surface area contributed by atoms with E-state index >= 15 is 0 Å². The summed E-state index contributed by atoms with van der Waals surface area (Å²) in [6.07, 6.45) is 10.4. The zero-order chi connectivity index (χ0) is 12.8. The zero-order valence-electron chi connectivity index (χ0n) is 11.1. The number of anilines is 1. The molecule has 1 aliphatic rings. The van der Waals surface area contributed by atoms with Gasteiger partial charge in [-0.15, -0.1) is 0 Å². The van der Waals surface area contributed by atoms with E-state index in [0.717, 1.165) is 12.4 Å². The summed E-state index contributed by atoms with van der Waals surface area (Å²) in [5.41, 5.74) is 0. The number of methoxy groups -OCH3 is 1. The Morgan fingerprint density at radius 3 is 2.78 bits per heavy atom. The lowest BCUT2D eigenvalue weighted by molar-refractivity contribution is 0.396. The summed E-state index contributed by atoms with van der Waals surface area (Å²) in [6.45, 7) is 0.967. The first kappa shape index (κ1) is 13.5. The predicted molar refractivity (Wildman–Crippen MR) is 76.4 cm³/mol. The van der Waals surface area contributed by atoms with Gasteiger partial charge in [-0.25, -0.2) is 9.97 Å². The molecular weight excluding hydrogens is 246 g/mol. The van der Waals surface area contributed by atoms with Gasteiger partial charge in [0.05, 0.1) is 7.11 Å². The molecule has 1 aliphatic carbocycles. The largest absolute Gasteiger partial charge is 0.481 e. The molecule has 1 fully saturated rings. The SMILES string of the molecule is COc1cc(NCC2(SC)CCCCC2)ncn1. The number of ether oxygens (including phenoxy) is 1. The molecule has 18 heavy (non-hydrogen) atoms. The van der Waals surface area contributed by atoms with Crippen LogP contribution in [0.2, 0.25) is 0 Å².